The number of ether oxygens (including phenoxy) is 1. The van der Waals surface area contributed by atoms with Gasteiger partial charge in [-0.1, -0.05) is 0 Å². The summed E-state index contributed by atoms with van der Waals surface area (Å²) in [6.07, 6.45) is 0.905. The Hall–Kier alpha value is -0.590. The molecular formula is C15H22BrNO3S. The largest absolute Gasteiger partial charge is 0.444 e. The van der Waals surface area contributed by atoms with Gasteiger partial charge in [-0.3, -0.25) is 0 Å². The fourth-order valence-electron chi connectivity index (χ4n) is 2.44. The first-order valence-electron chi connectivity index (χ1n) is 7.17. The van der Waals surface area contributed by atoms with Crippen LogP contribution in [0.4, 0.5) is 4.79 Å². The molecule has 0 radical (unpaired) electrons. The third-order valence-electron chi connectivity index (χ3n) is 3.52. The van der Waals surface area contributed by atoms with Crippen LogP contribution in [-0.4, -0.2) is 34.8 Å². The van der Waals surface area contributed by atoms with E-state index in [-0.39, 0.29) is 12.0 Å². The second kappa shape index (κ2) is 6.67. The van der Waals surface area contributed by atoms with E-state index in [9.17, 15) is 9.90 Å². The molecule has 0 spiro atoms. The zero-order valence-corrected chi connectivity index (χ0v) is 15.0. The number of carbonyl (C=O) groups is 1. The molecule has 1 aliphatic heterocycles. The molecule has 0 saturated carbocycles. The Morgan fingerprint density at radius 3 is 2.52 bits per heavy atom. The molecule has 2 heterocycles. The summed E-state index contributed by atoms with van der Waals surface area (Å²) in [7, 11) is 0. The molecule has 1 aliphatic rings. The van der Waals surface area contributed by atoms with Crippen molar-refractivity contribution in [2.75, 3.05) is 13.1 Å². The highest BCUT2D eigenvalue weighted by Crippen LogP contribution is 2.36. The average Bonchev–Trinajstić information content (AvgIpc) is 2.83. The number of halogens is 1. The van der Waals surface area contributed by atoms with Gasteiger partial charge in [-0.15, -0.1) is 11.3 Å². The molecule has 1 amide bonds. The van der Waals surface area contributed by atoms with Crippen molar-refractivity contribution in [2.24, 2.45) is 5.92 Å². The van der Waals surface area contributed by atoms with Gasteiger partial charge in [-0.25, -0.2) is 4.79 Å². The number of aliphatic hydroxyl groups is 1. The fraction of sp³-hybridized carbons (Fsp3) is 0.667. The molecule has 4 nitrogen and oxygen atoms in total. The Kier molecular flexibility index (Phi) is 5.33. The zero-order valence-electron chi connectivity index (χ0n) is 12.6. The lowest BCUT2D eigenvalue weighted by Gasteiger charge is -2.35. The lowest BCUT2D eigenvalue weighted by molar-refractivity contribution is 0.00809. The van der Waals surface area contributed by atoms with Crippen LogP contribution in [0.2, 0.25) is 0 Å². The quantitative estimate of drug-likeness (QED) is 0.842. The summed E-state index contributed by atoms with van der Waals surface area (Å²) in [6.45, 7) is 6.90. The van der Waals surface area contributed by atoms with Gasteiger partial charge in [0, 0.05) is 18.0 Å². The number of aliphatic hydroxyl groups excluding tert-OH is 1. The summed E-state index contributed by atoms with van der Waals surface area (Å²) >= 11 is 4.98. The third kappa shape index (κ3) is 4.69. The summed E-state index contributed by atoms with van der Waals surface area (Å²) in [5.41, 5.74) is -0.462. The fourth-order valence-corrected chi connectivity index (χ4v) is 3.95. The minimum Gasteiger partial charge on any atom is -0.444 e. The van der Waals surface area contributed by atoms with Crippen LogP contribution in [-0.2, 0) is 4.74 Å². The molecule has 118 valence electrons. The Morgan fingerprint density at radius 1 is 1.43 bits per heavy atom. The molecule has 1 saturated heterocycles. The van der Waals surface area contributed by atoms with E-state index in [0.717, 1.165) is 21.5 Å². The van der Waals surface area contributed by atoms with Crippen LogP contribution in [0.15, 0.2) is 15.9 Å². The molecular weight excluding hydrogens is 354 g/mol. The van der Waals surface area contributed by atoms with Crippen molar-refractivity contribution in [3.8, 4) is 0 Å². The second-order valence-corrected chi connectivity index (χ2v) is 8.89. The van der Waals surface area contributed by atoms with E-state index in [1.807, 2.05) is 32.9 Å². The van der Waals surface area contributed by atoms with E-state index in [1.165, 1.54) is 0 Å². The maximum absolute atomic E-state index is 12.0. The Labute approximate surface area is 138 Å². The van der Waals surface area contributed by atoms with Crippen LogP contribution < -0.4 is 0 Å². The van der Waals surface area contributed by atoms with Crippen LogP contribution in [0, 0.1) is 5.92 Å². The highest BCUT2D eigenvalue weighted by molar-refractivity contribution is 9.11. The number of amides is 1. The van der Waals surface area contributed by atoms with Gasteiger partial charge in [0.2, 0.25) is 0 Å². The molecule has 1 N–H and O–H groups in total. The first-order chi connectivity index (χ1) is 9.76. The number of hydrogen-bond donors (Lipinski definition) is 1. The Morgan fingerprint density at radius 2 is 2.05 bits per heavy atom. The highest BCUT2D eigenvalue weighted by Gasteiger charge is 2.30. The second-order valence-electron chi connectivity index (χ2n) is 6.39. The Balaban J connectivity index is 1.87. The van der Waals surface area contributed by atoms with Crippen LogP contribution >= 0.6 is 27.3 Å². The van der Waals surface area contributed by atoms with E-state index in [4.69, 9.17) is 4.74 Å². The normalized spacial score (nSPS) is 18.6. The molecule has 2 rings (SSSR count). The number of likely N-dealkylation sites (tertiary alicyclic amines) is 1. The molecule has 1 unspecified atom stereocenters. The van der Waals surface area contributed by atoms with Crippen molar-refractivity contribution in [3.63, 3.8) is 0 Å². The number of piperidine rings is 1. The van der Waals surface area contributed by atoms with Crippen LogP contribution in [0.3, 0.4) is 0 Å². The van der Waals surface area contributed by atoms with Gasteiger partial charge in [0.1, 0.15) is 5.60 Å². The standard InChI is InChI=1S/C15H22BrNO3S/c1-15(2,3)20-14(19)17-8-6-10(7-9-17)13(18)11-4-5-12(16)21-11/h4-5,10,13,18H,6-9H2,1-3H3. The first kappa shape index (κ1) is 16.8. The van der Waals surface area contributed by atoms with Crippen molar-refractivity contribution in [2.45, 2.75) is 45.3 Å². The predicted molar refractivity (Wildman–Crippen MR) is 87.5 cm³/mol. The predicted octanol–water partition coefficient (Wildman–Crippen LogP) is 4.19. The third-order valence-corrected chi connectivity index (χ3v) is 5.22. The van der Waals surface area contributed by atoms with Crippen molar-refractivity contribution < 1.29 is 14.6 Å². The Bertz CT molecular complexity index is 489. The van der Waals surface area contributed by atoms with Gasteiger partial charge < -0.3 is 14.7 Å². The summed E-state index contributed by atoms with van der Waals surface area (Å²) in [4.78, 5) is 14.7. The summed E-state index contributed by atoms with van der Waals surface area (Å²) in [5.74, 6) is 0.203. The summed E-state index contributed by atoms with van der Waals surface area (Å²) in [5, 5.41) is 10.4. The number of nitrogens with zero attached hydrogens (tertiary/aromatic N) is 1. The monoisotopic (exact) mass is 375 g/mol. The lowest BCUT2D eigenvalue weighted by Crippen LogP contribution is -2.42. The van der Waals surface area contributed by atoms with Crippen LogP contribution in [0.25, 0.3) is 0 Å². The topological polar surface area (TPSA) is 49.8 Å². The molecule has 1 fully saturated rings. The molecule has 1 atom stereocenters. The number of hydrogen-bond acceptors (Lipinski definition) is 4. The van der Waals surface area contributed by atoms with Crippen LogP contribution in [0.1, 0.15) is 44.6 Å². The number of carbonyl (C=O) groups excluding carboxylic acids is 1. The van der Waals surface area contributed by atoms with Gasteiger partial charge in [-0.2, -0.15) is 0 Å². The smallest absolute Gasteiger partial charge is 0.410 e. The zero-order chi connectivity index (χ0) is 15.6. The number of rotatable bonds is 2. The SMILES string of the molecule is CC(C)(C)OC(=O)N1CCC(C(O)c2ccc(Br)s2)CC1. The maximum Gasteiger partial charge on any atom is 0.410 e. The van der Waals surface area contributed by atoms with E-state index in [2.05, 4.69) is 15.9 Å². The number of thiophene rings is 1. The lowest BCUT2D eigenvalue weighted by atomic mass is 9.90. The molecule has 0 bridgehead atoms. The maximum atomic E-state index is 12.0. The van der Waals surface area contributed by atoms with Crippen molar-refractivity contribution in [3.05, 3.63) is 20.8 Å². The van der Waals surface area contributed by atoms with E-state index >= 15 is 0 Å². The first-order valence-corrected chi connectivity index (χ1v) is 8.78. The van der Waals surface area contributed by atoms with Crippen LogP contribution in [0.5, 0.6) is 0 Å². The van der Waals surface area contributed by atoms with Gasteiger partial charge in [0.15, 0.2) is 0 Å². The van der Waals surface area contributed by atoms with Crippen molar-refractivity contribution in [1.82, 2.24) is 4.90 Å². The molecule has 6 heteroatoms. The van der Waals surface area contributed by atoms with Gasteiger partial charge >= 0.3 is 6.09 Å². The molecule has 1 aromatic rings. The highest BCUT2D eigenvalue weighted by atomic mass is 79.9. The molecule has 0 aliphatic carbocycles. The van der Waals surface area contributed by atoms with Crippen molar-refractivity contribution in [1.29, 1.82) is 0 Å². The van der Waals surface area contributed by atoms with Gasteiger partial charge in [0.25, 0.3) is 0 Å². The summed E-state index contributed by atoms with van der Waals surface area (Å²) < 4.78 is 6.41. The van der Waals surface area contributed by atoms with E-state index in [1.54, 1.807) is 16.2 Å². The van der Waals surface area contributed by atoms with Gasteiger partial charge in [-0.05, 0) is 67.6 Å². The summed E-state index contributed by atoms with van der Waals surface area (Å²) in [6, 6.07) is 3.92. The minimum atomic E-state index is -0.462. The van der Waals surface area contributed by atoms with Crippen molar-refractivity contribution >= 4 is 33.4 Å². The molecule has 0 aromatic carbocycles. The van der Waals surface area contributed by atoms with E-state index < -0.39 is 11.7 Å². The molecule has 1 aromatic heterocycles. The molecule has 21 heavy (non-hydrogen) atoms. The average molecular weight is 376 g/mol. The van der Waals surface area contributed by atoms with E-state index in [0.29, 0.717) is 13.1 Å². The minimum absolute atomic E-state index is 0.203. The van der Waals surface area contributed by atoms with Gasteiger partial charge in [0.05, 0.1) is 9.89 Å².